The van der Waals surface area contributed by atoms with Gasteiger partial charge in [0.05, 0.1) is 6.17 Å². The largest absolute Gasteiger partial charge is 0.352 e. The Bertz CT molecular complexity index is 225. The average molecular weight is 290 g/mol. The number of hydrogen-bond acceptors (Lipinski definition) is 5. The molecule has 0 aliphatic carbocycles. The van der Waals surface area contributed by atoms with Gasteiger partial charge in [0.25, 0.3) is 0 Å². The Labute approximate surface area is 124 Å². The van der Waals surface area contributed by atoms with Crippen molar-refractivity contribution in [1.82, 2.24) is 20.0 Å². The van der Waals surface area contributed by atoms with E-state index in [1.165, 1.54) is 0 Å². The predicted octanol–water partition coefficient (Wildman–Crippen LogP) is -0.609. The van der Waals surface area contributed by atoms with Crippen LogP contribution >= 0.6 is 0 Å². The number of nitrogens with two attached hydrogens (primary N) is 2. The fourth-order valence-corrected chi connectivity index (χ4v) is 1.73. The summed E-state index contributed by atoms with van der Waals surface area (Å²) in [6.07, 6.45) is 2.45. The van der Waals surface area contributed by atoms with Crippen molar-refractivity contribution in [3.05, 3.63) is 0 Å². The summed E-state index contributed by atoms with van der Waals surface area (Å²) in [6, 6.07) is -0.446. The number of urea groups is 1. The second kappa shape index (κ2) is 13.1. The number of rotatable bonds is 8. The average Bonchev–Trinajstić information content (AvgIpc) is 2.31. The summed E-state index contributed by atoms with van der Waals surface area (Å²) in [5.41, 5.74) is 10.3. The molecule has 2 amide bonds. The summed E-state index contributed by atoms with van der Waals surface area (Å²) in [5, 5.41) is 2.51. The monoisotopic (exact) mass is 290 g/mol. The van der Waals surface area contributed by atoms with Crippen molar-refractivity contribution in [2.24, 2.45) is 11.5 Å². The third-order valence-corrected chi connectivity index (χ3v) is 2.70. The Morgan fingerprint density at radius 1 is 1.10 bits per heavy atom. The SMILES string of the molecule is CN(C)C(CCN)N(C)C.CN(C)CCCNC(N)=O. The maximum atomic E-state index is 10.1. The van der Waals surface area contributed by atoms with Crippen LogP contribution in [0.3, 0.4) is 0 Å². The zero-order valence-corrected chi connectivity index (χ0v) is 14.0. The molecular weight excluding hydrogens is 256 g/mol. The third kappa shape index (κ3) is 15.2. The van der Waals surface area contributed by atoms with Crippen LogP contribution in [0.15, 0.2) is 0 Å². The maximum Gasteiger partial charge on any atom is 0.312 e. The van der Waals surface area contributed by atoms with Gasteiger partial charge in [-0.1, -0.05) is 0 Å². The first-order chi connectivity index (χ1) is 9.22. The molecule has 0 radical (unpaired) electrons. The summed E-state index contributed by atoms with van der Waals surface area (Å²) in [5.74, 6) is 0. The normalized spacial score (nSPS) is 10.9. The van der Waals surface area contributed by atoms with Crippen LogP contribution in [-0.4, -0.2) is 88.8 Å². The van der Waals surface area contributed by atoms with E-state index in [2.05, 4.69) is 48.2 Å². The quantitative estimate of drug-likeness (QED) is 0.410. The molecule has 0 atom stereocenters. The minimum absolute atomic E-state index is 0.446. The van der Waals surface area contributed by atoms with E-state index in [9.17, 15) is 4.79 Å². The maximum absolute atomic E-state index is 10.1. The van der Waals surface area contributed by atoms with Crippen molar-refractivity contribution < 1.29 is 4.79 Å². The molecule has 0 aromatic carbocycles. The van der Waals surface area contributed by atoms with E-state index in [1.807, 2.05) is 14.1 Å². The van der Waals surface area contributed by atoms with E-state index < -0.39 is 6.03 Å². The number of hydrogen-bond donors (Lipinski definition) is 3. The highest BCUT2D eigenvalue weighted by Crippen LogP contribution is 2.00. The molecule has 7 nitrogen and oxygen atoms in total. The molecule has 0 saturated heterocycles. The smallest absolute Gasteiger partial charge is 0.312 e. The van der Waals surface area contributed by atoms with Crippen LogP contribution in [0.5, 0.6) is 0 Å². The number of carbonyl (C=O) groups is 1. The van der Waals surface area contributed by atoms with Gasteiger partial charge in [-0.2, -0.15) is 0 Å². The van der Waals surface area contributed by atoms with Gasteiger partial charge in [-0.05, 0) is 68.2 Å². The predicted molar refractivity (Wildman–Crippen MR) is 85.6 cm³/mol. The summed E-state index contributed by atoms with van der Waals surface area (Å²) >= 11 is 0. The van der Waals surface area contributed by atoms with Gasteiger partial charge in [0.1, 0.15) is 0 Å². The first-order valence-corrected chi connectivity index (χ1v) is 6.93. The van der Waals surface area contributed by atoms with E-state index in [0.717, 1.165) is 25.9 Å². The van der Waals surface area contributed by atoms with Crippen LogP contribution in [0, 0.1) is 0 Å². The topological polar surface area (TPSA) is 90.9 Å². The lowest BCUT2D eigenvalue weighted by molar-refractivity contribution is 0.123. The molecule has 0 fully saturated rings. The van der Waals surface area contributed by atoms with E-state index >= 15 is 0 Å². The van der Waals surface area contributed by atoms with Crippen molar-refractivity contribution in [2.45, 2.75) is 19.0 Å². The van der Waals surface area contributed by atoms with E-state index in [1.54, 1.807) is 0 Å². The van der Waals surface area contributed by atoms with Crippen LogP contribution in [0.4, 0.5) is 4.79 Å². The summed E-state index contributed by atoms with van der Waals surface area (Å²) in [4.78, 5) is 16.5. The molecule has 122 valence electrons. The van der Waals surface area contributed by atoms with Gasteiger partial charge in [0.15, 0.2) is 0 Å². The van der Waals surface area contributed by atoms with Gasteiger partial charge in [0.2, 0.25) is 0 Å². The molecule has 0 aromatic rings. The Kier molecular flexibility index (Phi) is 14.0. The zero-order valence-electron chi connectivity index (χ0n) is 14.0. The van der Waals surface area contributed by atoms with Crippen molar-refractivity contribution in [1.29, 1.82) is 0 Å². The van der Waals surface area contributed by atoms with Gasteiger partial charge in [-0.3, -0.25) is 9.80 Å². The van der Waals surface area contributed by atoms with Crippen LogP contribution < -0.4 is 16.8 Å². The van der Waals surface area contributed by atoms with Crippen LogP contribution in [0.25, 0.3) is 0 Å². The summed E-state index contributed by atoms with van der Waals surface area (Å²) in [6.45, 7) is 2.38. The molecule has 20 heavy (non-hydrogen) atoms. The Morgan fingerprint density at radius 3 is 1.85 bits per heavy atom. The fourth-order valence-electron chi connectivity index (χ4n) is 1.73. The molecule has 0 aliphatic rings. The minimum Gasteiger partial charge on any atom is -0.352 e. The highest BCUT2D eigenvalue weighted by atomic mass is 16.2. The first kappa shape index (κ1) is 21.4. The Balaban J connectivity index is 0. The van der Waals surface area contributed by atoms with Crippen LogP contribution in [0.1, 0.15) is 12.8 Å². The number of primary amides is 1. The Morgan fingerprint density at radius 2 is 1.60 bits per heavy atom. The molecule has 0 unspecified atom stereocenters. The van der Waals surface area contributed by atoms with Gasteiger partial charge >= 0.3 is 6.03 Å². The second-order valence-electron chi connectivity index (χ2n) is 5.43. The van der Waals surface area contributed by atoms with Crippen LogP contribution in [-0.2, 0) is 0 Å². The highest BCUT2D eigenvalue weighted by Gasteiger charge is 2.11. The molecular formula is C13H34N6O. The molecule has 0 aliphatic heterocycles. The van der Waals surface area contributed by atoms with Crippen molar-refractivity contribution in [3.8, 4) is 0 Å². The highest BCUT2D eigenvalue weighted by molar-refractivity contribution is 5.71. The first-order valence-electron chi connectivity index (χ1n) is 6.93. The fraction of sp³-hybridized carbons (Fsp3) is 0.923. The second-order valence-corrected chi connectivity index (χ2v) is 5.43. The lowest BCUT2D eigenvalue weighted by atomic mass is 10.3. The summed E-state index contributed by atoms with van der Waals surface area (Å²) < 4.78 is 0. The van der Waals surface area contributed by atoms with Crippen molar-refractivity contribution in [3.63, 3.8) is 0 Å². The van der Waals surface area contributed by atoms with Crippen LogP contribution in [0.2, 0.25) is 0 Å². The van der Waals surface area contributed by atoms with E-state index in [4.69, 9.17) is 11.5 Å². The molecule has 0 heterocycles. The van der Waals surface area contributed by atoms with Gasteiger partial charge < -0.3 is 21.7 Å². The number of carbonyl (C=O) groups excluding carboxylic acids is 1. The van der Waals surface area contributed by atoms with E-state index in [-0.39, 0.29) is 0 Å². The molecule has 0 spiro atoms. The number of nitrogens with one attached hydrogen (secondary N) is 1. The third-order valence-electron chi connectivity index (χ3n) is 2.70. The summed E-state index contributed by atoms with van der Waals surface area (Å²) in [7, 11) is 12.3. The number of amides is 2. The van der Waals surface area contributed by atoms with Crippen molar-refractivity contribution in [2.75, 3.05) is 61.9 Å². The molecule has 0 saturated carbocycles. The van der Waals surface area contributed by atoms with Gasteiger partial charge in [-0.25, -0.2) is 4.79 Å². The molecule has 0 aromatic heterocycles. The van der Waals surface area contributed by atoms with Gasteiger partial charge in [0, 0.05) is 6.54 Å². The zero-order chi connectivity index (χ0) is 16.1. The number of nitrogens with zero attached hydrogens (tertiary/aromatic N) is 3. The Hall–Kier alpha value is -0.890. The molecule has 0 rings (SSSR count). The molecule has 0 bridgehead atoms. The van der Waals surface area contributed by atoms with Crippen molar-refractivity contribution >= 4 is 6.03 Å². The molecule has 7 heteroatoms. The van der Waals surface area contributed by atoms with Gasteiger partial charge in [-0.15, -0.1) is 0 Å². The standard InChI is InChI=1S/C7H19N3.C6H15N3O/c1-9(2)7(5-6-8)10(3)4;1-9(2)5-3-4-8-6(7)10/h7H,5-6,8H2,1-4H3;3-5H2,1-2H3,(H3,7,8,10). The lowest BCUT2D eigenvalue weighted by Crippen LogP contribution is -2.41. The lowest BCUT2D eigenvalue weighted by Gasteiger charge is -2.29. The van der Waals surface area contributed by atoms with E-state index in [0.29, 0.717) is 12.7 Å². The minimum atomic E-state index is -0.446. The molecule has 5 N–H and O–H groups in total.